The van der Waals surface area contributed by atoms with Crippen LogP contribution in [-0.2, 0) is 11.3 Å². The van der Waals surface area contributed by atoms with Crippen LogP contribution in [0, 0.1) is 17.8 Å². The molecule has 1 saturated heterocycles. The summed E-state index contributed by atoms with van der Waals surface area (Å²) >= 11 is 1.98. The van der Waals surface area contributed by atoms with E-state index >= 15 is 0 Å². The Bertz CT molecular complexity index is 527. The Balaban J connectivity index is 1.86. The molecule has 0 saturated carbocycles. The summed E-state index contributed by atoms with van der Waals surface area (Å²) in [7, 11) is 0. The van der Waals surface area contributed by atoms with Gasteiger partial charge in [-0.05, 0) is 41.9 Å². The van der Waals surface area contributed by atoms with Gasteiger partial charge in [-0.3, -0.25) is 4.79 Å². The van der Waals surface area contributed by atoms with Crippen molar-refractivity contribution in [3.8, 4) is 11.8 Å². The number of hydrogen-bond donors (Lipinski definition) is 2. The van der Waals surface area contributed by atoms with E-state index in [0.29, 0.717) is 18.9 Å². The van der Waals surface area contributed by atoms with Crippen molar-refractivity contribution in [2.24, 2.45) is 5.92 Å². The minimum absolute atomic E-state index is 0.122. The number of benzene rings is 1. The van der Waals surface area contributed by atoms with Crippen LogP contribution in [0.3, 0.4) is 0 Å². The number of carbonyl (C=O) groups excluding carboxylic acids is 1. The molecule has 0 radical (unpaired) electrons. The maximum atomic E-state index is 12.0. The summed E-state index contributed by atoms with van der Waals surface area (Å²) in [6.45, 7) is 0.344. The second-order valence-electron chi connectivity index (χ2n) is 5.15. The molecule has 2 N–H and O–H groups in total. The quantitative estimate of drug-likeness (QED) is 0.838. The van der Waals surface area contributed by atoms with Crippen molar-refractivity contribution in [2.45, 2.75) is 25.8 Å². The first-order chi connectivity index (χ1) is 10.3. The second kappa shape index (κ2) is 8.76. The maximum Gasteiger partial charge on any atom is 0.220 e. The molecule has 0 aliphatic carbocycles. The SMILES string of the molecule is O=C(CC1CCSCC1)NCc1ccccc1C#CCO. The molecule has 1 fully saturated rings. The Hall–Kier alpha value is -1.44. The number of aliphatic hydroxyl groups is 1. The number of carbonyl (C=O) groups is 1. The van der Waals surface area contributed by atoms with Gasteiger partial charge in [-0.25, -0.2) is 0 Å². The first-order valence-electron chi connectivity index (χ1n) is 7.31. The van der Waals surface area contributed by atoms with Gasteiger partial charge in [0.1, 0.15) is 6.61 Å². The van der Waals surface area contributed by atoms with Gasteiger partial charge in [-0.15, -0.1) is 0 Å². The molecule has 1 aliphatic rings. The molecule has 1 aromatic rings. The number of nitrogens with one attached hydrogen (secondary N) is 1. The van der Waals surface area contributed by atoms with Crippen LogP contribution in [0.15, 0.2) is 24.3 Å². The Labute approximate surface area is 130 Å². The fraction of sp³-hybridized carbons (Fsp3) is 0.471. The fourth-order valence-corrected chi connectivity index (χ4v) is 3.61. The highest BCUT2D eigenvalue weighted by molar-refractivity contribution is 7.99. The maximum absolute atomic E-state index is 12.0. The highest BCUT2D eigenvalue weighted by atomic mass is 32.2. The van der Waals surface area contributed by atoms with Gasteiger partial charge in [0.15, 0.2) is 0 Å². The van der Waals surface area contributed by atoms with E-state index < -0.39 is 0 Å². The van der Waals surface area contributed by atoms with Crippen molar-refractivity contribution in [3.05, 3.63) is 35.4 Å². The van der Waals surface area contributed by atoms with E-state index in [2.05, 4.69) is 17.2 Å². The molecule has 0 unspecified atom stereocenters. The number of aliphatic hydroxyl groups excluding tert-OH is 1. The summed E-state index contributed by atoms with van der Waals surface area (Å²) in [5.41, 5.74) is 1.85. The molecule has 1 amide bonds. The molecule has 21 heavy (non-hydrogen) atoms. The first-order valence-corrected chi connectivity index (χ1v) is 8.47. The van der Waals surface area contributed by atoms with E-state index in [1.165, 1.54) is 11.5 Å². The van der Waals surface area contributed by atoms with E-state index in [0.717, 1.165) is 24.0 Å². The van der Waals surface area contributed by atoms with Crippen molar-refractivity contribution < 1.29 is 9.90 Å². The van der Waals surface area contributed by atoms with Gasteiger partial charge in [0.05, 0.1) is 0 Å². The average molecular weight is 303 g/mol. The normalized spacial score (nSPS) is 15.1. The average Bonchev–Trinajstić information content (AvgIpc) is 2.52. The molecule has 1 aliphatic heterocycles. The summed E-state index contributed by atoms with van der Waals surface area (Å²) in [6, 6.07) is 7.71. The standard InChI is InChI=1S/C17H21NO2S/c19-9-3-6-15-4-1-2-5-16(15)13-18-17(20)12-14-7-10-21-11-8-14/h1-2,4-5,14,19H,7-13H2,(H,18,20). The third-order valence-electron chi connectivity index (χ3n) is 3.61. The van der Waals surface area contributed by atoms with E-state index in [-0.39, 0.29) is 12.5 Å². The Morgan fingerprint density at radius 2 is 2.10 bits per heavy atom. The summed E-state index contributed by atoms with van der Waals surface area (Å²) in [4.78, 5) is 12.0. The van der Waals surface area contributed by atoms with Gasteiger partial charge >= 0.3 is 0 Å². The largest absolute Gasteiger partial charge is 0.384 e. The van der Waals surface area contributed by atoms with Crippen molar-refractivity contribution in [1.29, 1.82) is 0 Å². The monoisotopic (exact) mass is 303 g/mol. The van der Waals surface area contributed by atoms with Gasteiger partial charge in [-0.2, -0.15) is 11.8 Å². The van der Waals surface area contributed by atoms with Crippen LogP contribution in [0.25, 0.3) is 0 Å². The zero-order valence-electron chi connectivity index (χ0n) is 12.1. The van der Waals surface area contributed by atoms with Crippen molar-refractivity contribution in [1.82, 2.24) is 5.32 Å². The number of thioether (sulfide) groups is 1. The Kier molecular flexibility index (Phi) is 6.65. The summed E-state index contributed by atoms with van der Waals surface area (Å²) in [5, 5.41) is 11.8. The molecular weight excluding hydrogens is 282 g/mol. The molecule has 2 rings (SSSR count). The lowest BCUT2D eigenvalue weighted by Crippen LogP contribution is -2.26. The number of amides is 1. The molecule has 1 heterocycles. The lowest BCUT2D eigenvalue weighted by Gasteiger charge is -2.20. The Morgan fingerprint density at radius 1 is 1.33 bits per heavy atom. The predicted octanol–water partition coefficient (Wildman–Crippen LogP) is 2.18. The molecule has 3 nitrogen and oxygen atoms in total. The second-order valence-corrected chi connectivity index (χ2v) is 6.38. The van der Waals surface area contributed by atoms with Crippen LogP contribution in [0.2, 0.25) is 0 Å². The Morgan fingerprint density at radius 3 is 2.86 bits per heavy atom. The van der Waals surface area contributed by atoms with Gasteiger partial charge < -0.3 is 10.4 Å². The van der Waals surface area contributed by atoms with E-state index in [1.807, 2.05) is 36.0 Å². The molecule has 1 aromatic carbocycles. The third kappa shape index (κ3) is 5.45. The van der Waals surface area contributed by atoms with Gasteiger partial charge in [0.25, 0.3) is 0 Å². The van der Waals surface area contributed by atoms with E-state index in [1.54, 1.807) is 0 Å². The number of hydrogen-bond acceptors (Lipinski definition) is 3. The highest BCUT2D eigenvalue weighted by Crippen LogP contribution is 2.25. The van der Waals surface area contributed by atoms with Crippen LogP contribution in [0.1, 0.15) is 30.4 Å². The summed E-state index contributed by atoms with van der Waals surface area (Å²) in [6.07, 6.45) is 2.93. The molecule has 0 spiro atoms. The number of rotatable bonds is 4. The van der Waals surface area contributed by atoms with Crippen LogP contribution in [0.4, 0.5) is 0 Å². The summed E-state index contributed by atoms with van der Waals surface area (Å²) < 4.78 is 0. The summed E-state index contributed by atoms with van der Waals surface area (Å²) in [5.74, 6) is 8.58. The minimum Gasteiger partial charge on any atom is -0.384 e. The lowest BCUT2D eigenvalue weighted by atomic mass is 9.98. The van der Waals surface area contributed by atoms with Crippen LogP contribution in [-0.4, -0.2) is 29.1 Å². The zero-order chi connectivity index (χ0) is 14.9. The van der Waals surface area contributed by atoms with Crippen LogP contribution >= 0.6 is 11.8 Å². The van der Waals surface area contributed by atoms with Crippen molar-refractivity contribution in [3.63, 3.8) is 0 Å². The first kappa shape index (κ1) is 15.9. The molecule has 112 valence electrons. The lowest BCUT2D eigenvalue weighted by molar-refractivity contribution is -0.122. The molecule has 0 atom stereocenters. The topological polar surface area (TPSA) is 49.3 Å². The van der Waals surface area contributed by atoms with Gasteiger partial charge in [0, 0.05) is 18.5 Å². The van der Waals surface area contributed by atoms with Gasteiger partial charge in [-0.1, -0.05) is 30.0 Å². The fourth-order valence-electron chi connectivity index (χ4n) is 2.41. The van der Waals surface area contributed by atoms with E-state index in [9.17, 15) is 4.79 Å². The van der Waals surface area contributed by atoms with Crippen molar-refractivity contribution >= 4 is 17.7 Å². The van der Waals surface area contributed by atoms with E-state index in [4.69, 9.17) is 5.11 Å². The smallest absolute Gasteiger partial charge is 0.220 e. The third-order valence-corrected chi connectivity index (χ3v) is 4.66. The molecule has 4 heteroatoms. The zero-order valence-corrected chi connectivity index (χ0v) is 12.9. The molecular formula is C17H21NO2S. The minimum atomic E-state index is -0.152. The highest BCUT2D eigenvalue weighted by Gasteiger charge is 2.17. The van der Waals surface area contributed by atoms with Crippen LogP contribution in [0.5, 0.6) is 0 Å². The predicted molar refractivity (Wildman–Crippen MR) is 86.9 cm³/mol. The molecule has 0 bridgehead atoms. The van der Waals surface area contributed by atoms with Gasteiger partial charge in [0.2, 0.25) is 5.91 Å². The van der Waals surface area contributed by atoms with Crippen molar-refractivity contribution in [2.75, 3.05) is 18.1 Å². The molecule has 0 aromatic heterocycles. The van der Waals surface area contributed by atoms with Crippen LogP contribution < -0.4 is 5.32 Å².